The molecule has 1 aromatic rings. The van der Waals surface area contributed by atoms with Crippen LogP contribution in [0.15, 0.2) is 4.63 Å². The van der Waals surface area contributed by atoms with Crippen molar-refractivity contribution < 1.29 is 23.7 Å². The van der Waals surface area contributed by atoms with Crippen LogP contribution in [-0.2, 0) is 14.3 Å². The number of morpholine rings is 1. The smallest absolute Gasteiger partial charge is 0.278 e. The predicted octanol–water partition coefficient (Wildman–Crippen LogP) is -1.04. The molecule has 2 fully saturated rings. The number of piperidine rings is 1. The molecule has 144 valence electrons. The summed E-state index contributed by atoms with van der Waals surface area (Å²) in [7, 11) is 0. The Hall–Kier alpha value is -2.20. The first-order chi connectivity index (χ1) is 12.6. The number of hydrogen-bond acceptors (Lipinski definition) is 8. The van der Waals surface area contributed by atoms with Crippen LogP contribution in [-0.4, -0.2) is 79.6 Å². The summed E-state index contributed by atoms with van der Waals surface area (Å²) >= 11 is 0. The van der Waals surface area contributed by atoms with Crippen LogP contribution in [0.5, 0.6) is 5.88 Å². The number of nitrogens with one attached hydrogen (secondary N) is 2. The third kappa shape index (κ3) is 4.70. The lowest BCUT2D eigenvalue weighted by Crippen LogP contribution is -2.51. The molecule has 10 heteroatoms. The van der Waals surface area contributed by atoms with Gasteiger partial charge in [0.15, 0.2) is 0 Å². The molecule has 3 rings (SSSR count). The van der Waals surface area contributed by atoms with Gasteiger partial charge in [0.1, 0.15) is 12.3 Å². The highest BCUT2D eigenvalue weighted by atomic mass is 16.6. The summed E-state index contributed by atoms with van der Waals surface area (Å²) < 4.78 is 15.2. The first-order valence-electron chi connectivity index (χ1n) is 8.92. The second kappa shape index (κ2) is 8.95. The summed E-state index contributed by atoms with van der Waals surface area (Å²) in [4.78, 5) is 26.8. The average molecular weight is 367 g/mol. The zero-order valence-corrected chi connectivity index (χ0v) is 14.9. The second-order valence-electron chi connectivity index (χ2n) is 6.52. The molecule has 0 aliphatic carbocycles. The molecule has 2 amide bonds. The number of hydrogen-bond donors (Lipinski definition) is 2. The van der Waals surface area contributed by atoms with E-state index in [0.717, 1.165) is 0 Å². The molecule has 0 unspecified atom stereocenters. The van der Waals surface area contributed by atoms with Crippen LogP contribution in [0.1, 0.15) is 12.1 Å². The molecule has 26 heavy (non-hydrogen) atoms. The standard InChI is InChI=1S/C16H25N5O5/c1-11-15(20-26-19-11)25-5-2-18-14(22)12-8-13(10-17-9-12)16(23)21-3-6-24-7-4-21/h12-13,17H,2-10H2,1H3,(H,18,22)/t12-,13-/m0/s1. The van der Waals surface area contributed by atoms with Crippen LogP contribution in [0.3, 0.4) is 0 Å². The van der Waals surface area contributed by atoms with Gasteiger partial charge in [-0.05, 0) is 18.5 Å². The van der Waals surface area contributed by atoms with Crippen LogP contribution in [0.4, 0.5) is 0 Å². The monoisotopic (exact) mass is 367 g/mol. The van der Waals surface area contributed by atoms with Gasteiger partial charge in [-0.1, -0.05) is 5.16 Å². The predicted molar refractivity (Wildman–Crippen MR) is 89.4 cm³/mol. The van der Waals surface area contributed by atoms with Gasteiger partial charge in [0.05, 0.1) is 31.6 Å². The third-order valence-electron chi connectivity index (χ3n) is 4.64. The summed E-state index contributed by atoms with van der Waals surface area (Å²) in [6.07, 6.45) is 0.558. The lowest BCUT2D eigenvalue weighted by Gasteiger charge is -2.34. The Bertz CT molecular complexity index is 616. The molecule has 3 heterocycles. The van der Waals surface area contributed by atoms with E-state index >= 15 is 0 Å². The minimum Gasteiger partial charge on any atom is -0.472 e. The highest BCUT2D eigenvalue weighted by Gasteiger charge is 2.33. The summed E-state index contributed by atoms with van der Waals surface area (Å²) in [5.41, 5.74) is 0.567. The second-order valence-corrected chi connectivity index (χ2v) is 6.52. The number of rotatable bonds is 6. The first kappa shape index (κ1) is 18.6. The van der Waals surface area contributed by atoms with Gasteiger partial charge in [-0.3, -0.25) is 9.59 Å². The molecule has 0 radical (unpaired) electrons. The van der Waals surface area contributed by atoms with Gasteiger partial charge < -0.3 is 25.0 Å². The van der Waals surface area contributed by atoms with E-state index in [1.165, 1.54) is 0 Å². The Morgan fingerprint density at radius 3 is 2.77 bits per heavy atom. The van der Waals surface area contributed by atoms with Crippen molar-refractivity contribution in [3.8, 4) is 5.88 Å². The van der Waals surface area contributed by atoms with E-state index in [1.807, 2.05) is 4.90 Å². The SMILES string of the molecule is Cc1nonc1OCCNC(=O)[C@@H]1CNC[C@@H](C(=O)N2CCOCC2)C1. The molecule has 0 bridgehead atoms. The molecule has 10 nitrogen and oxygen atoms in total. The number of carbonyl (C=O) groups is 2. The molecule has 0 spiro atoms. The maximum Gasteiger partial charge on any atom is 0.278 e. The highest BCUT2D eigenvalue weighted by Crippen LogP contribution is 2.19. The summed E-state index contributed by atoms with van der Waals surface area (Å²) in [6.45, 7) is 5.95. The Morgan fingerprint density at radius 1 is 1.27 bits per heavy atom. The Morgan fingerprint density at radius 2 is 2.04 bits per heavy atom. The maximum absolute atomic E-state index is 12.6. The fraction of sp³-hybridized carbons (Fsp3) is 0.750. The van der Waals surface area contributed by atoms with Crippen LogP contribution in [0, 0.1) is 18.8 Å². The van der Waals surface area contributed by atoms with Crippen molar-refractivity contribution in [1.82, 2.24) is 25.8 Å². The van der Waals surface area contributed by atoms with Gasteiger partial charge in [0.2, 0.25) is 11.8 Å². The number of aromatic nitrogens is 2. The van der Waals surface area contributed by atoms with Crippen LogP contribution < -0.4 is 15.4 Å². The van der Waals surface area contributed by atoms with Crippen molar-refractivity contribution in [2.45, 2.75) is 13.3 Å². The normalized spacial score (nSPS) is 23.5. The van der Waals surface area contributed by atoms with Crippen molar-refractivity contribution in [2.24, 2.45) is 11.8 Å². The van der Waals surface area contributed by atoms with E-state index in [0.29, 0.717) is 63.9 Å². The van der Waals surface area contributed by atoms with E-state index in [9.17, 15) is 9.59 Å². The van der Waals surface area contributed by atoms with Gasteiger partial charge in [0.25, 0.3) is 5.88 Å². The largest absolute Gasteiger partial charge is 0.472 e. The Kier molecular flexibility index (Phi) is 6.40. The van der Waals surface area contributed by atoms with Gasteiger partial charge in [-0.25, -0.2) is 4.63 Å². The van der Waals surface area contributed by atoms with E-state index in [1.54, 1.807) is 6.92 Å². The molecule has 2 aliphatic rings. The minimum absolute atomic E-state index is 0.0735. The van der Waals surface area contributed by atoms with Crippen LogP contribution >= 0.6 is 0 Å². The first-order valence-corrected chi connectivity index (χ1v) is 8.92. The fourth-order valence-corrected chi connectivity index (χ4v) is 3.19. The van der Waals surface area contributed by atoms with Crippen molar-refractivity contribution in [3.63, 3.8) is 0 Å². The van der Waals surface area contributed by atoms with Crippen molar-refractivity contribution in [3.05, 3.63) is 5.69 Å². The number of carbonyl (C=O) groups excluding carboxylic acids is 2. The average Bonchev–Trinajstić information content (AvgIpc) is 3.10. The van der Waals surface area contributed by atoms with Gasteiger partial charge in [0, 0.05) is 26.2 Å². The van der Waals surface area contributed by atoms with Gasteiger partial charge in [-0.2, -0.15) is 0 Å². The van der Waals surface area contributed by atoms with Crippen LogP contribution in [0.25, 0.3) is 0 Å². The quantitative estimate of drug-likeness (QED) is 0.612. The minimum atomic E-state index is -0.228. The zero-order chi connectivity index (χ0) is 18.4. The molecular formula is C16H25N5O5. The zero-order valence-electron chi connectivity index (χ0n) is 14.9. The highest BCUT2D eigenvalue weighted by molar-refractivity contribution is 5.83. The molecule has 0 aromatic carbocycles. The van der Waals surface area contributed by atoms with E-state index < -0.39 is 0 Å². The Labute approximate surface area is 151 Å². The van der Waals surface area contributed by atoms with E-state index in [-0.39, 0.29) is 30.3 Å². The topological polar surface area (TPSA) is 119 Å². The Balaban J connectivity index is 1.41. The third-order valence-corrected chi connectivity index (χ3v) is 4.64. The molecule has 0 saturated carbocycles. The summed E-state index contributed by atoms with van der Waals surface area (Å²) in [5.74, 6) is -0.0344. The van der Waals surface area contributed by atoms with Crippen LogP contribution in [0.2, 0.25) is 0 Å². The van der Waals surface area contributed by atoms with Crippen molar-refractivity contribution in [2.75, 3.05) is 52.5 Å². The van der Waals surface area contributed by atoms with E-state index in [4.69, 9.17) is 9.47 Å². The van der Waals surface area contributed by atoms with Crippen molar-refractivity contribution >= 4 is 11.8 Å². The van der Waals surface area contributed by atoms with Crippen molar-refractivity contribution in [1.29, 1.82) is 0 Å². The molecule has 2 N–H and O–H groups in total. The number of nitrogens with zero attached hydrogens (tertiary/aromatic N) is 3. The number of amides is 2. The summed E-state index contributed by atoms with van der Waals surface area (Å²) in [5, 5.41) is 13.3. The lowest BCUT2D eigenvalue weighted by atomic mass is 9.88. The fourth-order valence-electron chi connectivity index (χ4n) is 3.19. The molecule has 2 saturated heterocycles. The molecule has 2 atom stereocenters. The molecule has 2 aliphatic heterocycles. The number of ether oxygens (including phenoxy) is 2. The van der Waals surface area contributed by atoms with Gasteiger partial charge in [-0.15, -0.1) is 0 Å². The summed E-state index contributed by atoms with van der Waals surface area (Å²) in [6, 6.07) is 0. The molecular weight excluding hydrogens is 342 g/mol. The van der Waals surface area contributed by atoms with Gasteiger partial charge >= 0.3 is 0 Å². The van der Waals surface area contributed by atoms with E-state index in [2.05, 4.69) is 25.6 Å². The molecule has 1 aromatic heterocycles. The maximum atomic E-state index is 12.6. The lowest BCUT2D eigenvalue weighted by molar-refractivity contribution is -0.141. The number of aryl methyl sites for hydroxylation is 1.